The highest BCUT2D eigenvalue weighted by atomic mass is 32.1. The van der Waals surface area contributed by atoms with Crippen molar-refractivity contribution < 1.29 is 9.53 Å². The summed E-state index contributed by atoms with van der Waals surface area (Å²) in [6.07, 6.45) is 0. The lowest BCUT2D eigenvalue weighted by molar-refractivity contribution is 0.102. The number of fused-ring (bicyclic) bond motifs is 1. The number of anilines is 1. The minimum atomic E-state index is -0.184. The summed E-state index contributed by atoms with van der Waals surface area (Å²) in [5.74, 6) is 1.13. The van der Waals surface area contributed by atoms with E-state index in [0.717, 1.165) is 32.5 Å². The van der Waals surface area contributed by atoms with Crippen molar-refractivity contribution in [3.63, 3.8) is 0 Å². The van der Waals surface area contributed by atoms with Crippen molar-refractivity contribution in [3.05, 3.63) is 58.9 Å². The smallest absolute Gasteiger partial charge is 0.255 e. The van der Waals surface area contributed by atoms with Gasteiger partial charge in [0.15, 0.2) is 5.82 Å². The molecule has 0 spiro atoms. The maximum absolute atomic E-state index is 12.8. The second kappa shape index (κ2) is 7.05. The molecule has 0 saturated carbocycles. The number of benzene rings is 2. The van der Waals surface area contributed by atoms with Crippen molar-refractivity contribution in [2.75, 3.05) is 12.4 Å². The van der Waals surface area contributed by atoms with Gasteiger partial charge in [-0.25, -0.2) is 0 Å². The van der Waals surface area contributed by atoms with Crippen LogP contribution in [0.4, 0.5) is 5.69 Å². The zero-order chi connectivity index (χ0) is 19.8. The highest BCUT2D eigenvalue weighted by Gasteiger charge is 2.15. The van der Waals surface area contributed by atoms with E-state index < -0.39 is 0 Å². The Kier molecular flexibility index (Phi) is 4.56. The van der Waals surface area contributed by atoms with Crippen LogP contribution in [0.1, 0.15) is 27.3 Å². The Morgan fingerprint density at radius 1 is 1.07 bits per heavy atom. The molecule has 0 atom stereocenters. The summed E-state index contributed by atoms with van der Waals surface area (Å²) in [5, 5.41) is 16.4. The number of rotatable bonds is 4. The van der Waals surface area contributed by atoms with Crippen LogP contribution in [-0.2, 0) is 0 Å². The van der Waals surface area contributed by atoms with E-state index in [1.54, 1.807) is 11.6 Å². The van der Waals surface area contributed by atoms with E-state index in [0.29, 0.717) is 17.0 Å². The van der Waals surface area contributed by atoms with E-state index in [9.17, 15) is 4.79 Å². The minimum Gasteiger partial charge on any atom is -0.495 e. The number of amides is 1. The van der Waals surface area contributed by atoms with Crippen LogP contribution in [-0.4, -0.2) is 32.8 Å². The Hall–Kier alpha value is -3.26. The van der Waals surface area contributed by atoms with Gasteiger partial charge in [-0.15, -0.1) is 10.2 Å². The second-order valence-corrected chi connectivity index (χ2v) is 7.55. The van der Waals surface area contributed by atoms with Crippen molar-refractivity contribution in [1.29, 1.82) is 0 Å². The van der Waals surface area contributed by atoms with Crippen molar-refractivity contribution in [2.24, 2.45) is 0 Å². The summed E-state index contributed by atoms with van der Waals surface area (Å²) in [7, 11) is 1.58. The second-order valence-electron chi connectivity index (χ2n) is 6.59. The summed E-state index contributed by atoms with van der Waals surface area (Å²) in [5.41, 5.74) is 4.15. The highest BCUT2D eigenvalue weighted by Crippen LogP contribution is 2.33. The molecular formula is C20H19N5O2S. The lowest BCUT2D eigenvalue weighted by Crippen LogP contribution is -2.13. The van der Waals surface area contributed by atoms with Gasteiger partial charge in [-0.2, -0.15) is 9.61 Å². The molecule has 4 aromatic rings. The first kappa shape index (κ1) is 18.1. The van der Waals surface area contributed by atoms with Gasteiger partial charge in [0.25, 0.3) is 5.91 Å². The number of aromatic nitrogens is 4. The van der Waals surface area contributed by atoms with Crippen molar-refractivity contribution >= 4 is 27.9 Å². The number of aryl methyl sites for hydroxylation is 3. The lowest BCUT2D eigenvalue weighted by atomic mass is 10.1. The summed E-state index contributed by atoms with van der Waals surface area (Å²) in [6.45, 7) is 5.80. The normalized spacial score (nSPS) is 11.0. The Morgan fingerprint density at radius 2 is 1.82 bits per heavy atom. The molecule has 0 radical (unpaired) electrons. The van der Waals surface area contributed by atoms with Gasteiger partial charge < -0.3 is 10.1 Å². The van der Waals surface area contributed by atoms with E-state index in [-0.39, 0.29) is 5.91 Å². The van der Waals surface area contributed by atoms with Crippen LogP contribution in [0.25, 0.3) is 15.5 Å². The van der Waals surface area contributed by atoms with Gasteiger partial charge in [0, 0.05) is 11.1 Å². The number of carbonyl (C=O) groups excluding carboxylic acids is 1. The zero-order valence-corrected chi connectivity index (χ0v) is 16.8. The predicted molar refractivity (Wildman–Crippen MR) is 109 cm³/mol. The first-order valence-electron chi connectivity index (χ1n) is 8.71. The topological polar surface area (TPSA) is 81.4 Å². The third-order valence-electron chi connectivity index (χ3n) is 4.33. The Morgan fingerprint density at radius 3 is 2.50 bits per heavy atom. The van der Waals surface area contributed by atoms with Gasteiger partial charge in [-0.05, 0) is 51.1 Å². The SMILES string of the molecule is COc1ccc(-c2nn3c(C)nnc3s2)cc1NC(=O)c1cc(C)cc(C)c1. The number of hydrogen-bond donors (Lipinski definition) is 1. The number of methoxy groups -OCH3 is 1. The molecule has 8 heteroatoms. The maximum Gasteiger partial charge on any atom is 0.255 e. The van der Waals surface area contributed by atoms with Crippen LogP contribution < -0.4 is 10.1 Å². The first-order valence-corrected chi connectivity index (χ1v) is 9.53. The fourth-order valence-corrected chi connectivity index (χ4v) is 3.95. The zero-order valence-electron chi connectivity index (χ0n) is 16.0. The molecule has 2 aromatic carbocycles. The van der Waals surface area contributed by atoms with Gasteiger partial charge in [0.2, 0.25) is 4.96 Å². The maximum atomic E-state index is 12.8. The molecule has 1 amide bonds. The van der Waals surface area contributed by atoms with Gasteiger partial charge in [-0.3, -0.25) is 4.79 Å². The molecule has 0 aliphatic rings. The number of carbonyl (C=O) groups is 1. The van der Waals surface area contributed by atoms with E-state index >= 15 is 0 Å². The molecule has 0 unspecified atom stereocenters. The average molecular weight is 393 g/mol. The van der Waals surface area contributed by atoms with E-state index in [4.69, 9.17) is 4.74 Å². The summed E-state index contributed by atoms with van der Waals surface area (Å²) in [4.78, 5) is 13.5. The fraction of sp³-hybridized carbons (Fsp3) is 0.200. The molecular weight excluding hydrogens is 374 g/mol. The minimum absolute atomic E-state index is 0.184. The quantitative estimate of drug-likeness (QED) is 0.566. The van der Waals surface area contributed by atoms with Gasteiger partial charge >= 0.3 is 0 Å². The monoisotopic (exact) mass is 393 g/mol. The van der Waals surface area contributed by atoms with Gasteiger partial charge in [0.05, 0.1) is 12.8 Å². The van der Waals surface area contributed by atoms with Crippen LogP contribution in [0.15, 0.2) is 36.4 Å². The molecule has 1 N–H and O–H groups in total. The summed E-state index contributed by atoms with van der Waals surface area (Å²) < 4.78 is 7.13. The third kappa shape index (κ3) is 3.34. The van der Waals surface area contributed by atoms with Crippen LogP contribution in [0.3, 0.4) is 0 Å². The van der Waals surface area contributed by atoms with Gasteiger partial charge in [0.1, 0.15) is 10.8 Å². The van der Waals surface area contributed by atoms with Crippen LogP contribution >= 0.6 is 11.3 Å². The van der Waals surface area contributed by atoms with Crippen LogP contribution in [0.2, 0.25) is 0 Å². The Bertz CT molecular complexity index is 1170. The van der Waals surface area contributed by atoms with E-state index in [2.05, 4.69) is 20.6 Å². The van der Waals surface area contributed by atoms with Gasteiger partial charge in [-0.1, -0.05) is 28.5 Å². The molecule has 0 aliphatic heterocycles. The molecule has 2 aromatic heterocycles. The van der Waals surface area contributed by atoms with E-state index in [1.165, 1.54) is 11.3 Å². The molecule has 142 valence electrons. The molecule has 0 aliphatic carbocycles. The first-order chi connectivity index (χ1) is 13.4. The number of ether oxygens (including phenoxy) is 1. The lowest BCUT2D eigenvalue weighted by Gasteiger charge is -2.12. The summed E-state index contributed by atoms with van der Waals surface area (Å²) in [6, 6.07) is 11.4. The third-order valence-corrected chi connectivity index (χ3v) is 5.27. The molecule has 0 bridgehead atoms. The number of hydrogen-bond acceptors (Lipinski definition) is 6. The fourth-order valence-electron chi connectivity index (χ4n) is 3.07. The molecule has 4 rings (SSSR count). The molecule has 0 fully saturated rings. The van der Waals surface area contributed by atoms with Crippen LogP contribution in [0, 0.1) is 20.8 Å². The van der Waals surface area contributed by atoms with E-state index in [1.807, 2.05) is 57.2 Å². The number of nitrogens with one attached hydrogen (secondary N) is 1. The molecule has 0 saturated heterocycles. The van der Waals surface area contributed by atoms with Crippen LogP contribution in [0.5, 0.6) is 5.75 Å². The standard InChI is InChI=1S/C20H19N5O2S/c1-11-7-12(2)9-15(8-11)18(26)21-16-10-14(5-6-17(16)27-4)19-24-25-13(3)22-23-20(25)28-19/h5-10H,1-4H3,(H,21,26). The average Bonchev–Trinajstić information content (AvgIpc) is 3.23. The Balaban J connectivity index is 1.69. The van der Waals surface area contributed by atoms with Crippen molar-refractivity contribution in [3.8, 4) is 16.3 Å². The summed E-state index contributed by atoms with van der Waals surface area (Å²) >= 11 is 1.44. The molecule has 2 heterocycles. The largest absolute Gasteiger partial charge is 0.495 e. The van der Waals surface area contributed by atoms with Crippen molar-refractivity contribution in [1.82, 2.24) is 19.8 Å². The Labute approximate surface area is 166 Å². The van der Waals surface area contributed by atoms with Crippen molar-refractivity contribution in [2.45, 2.75) is 20.8 Å². The molecule has 28 heavy (non-hydrogen) atoms. The predicted octanol–water partition coefficient (Wildman–Crippen LogP) is 4.04. The highest BCUT2D eigenvalue weighted by molar-refractivity contribution is 7.19. The number of nitrogens with zero attached hydrogens (tertiary/aromatic N) is 4. The molecule has 7 nitrogen and oxygen atoms in total.